The van der Waals surface area contributed by atoms with Gasteiger partial charge in [-0.05, 0) is 37.5 Å². The van der Waals surface area contributed by atoms with Crippen LogP contribution in [0, 0.1) is 25.7 Å². The van der Waals surface area contributed by atoms with E-state index in [-0.39, 0.29) is 30.7 Å². The van der Waals surface area contributed by atoms with Gasteiger partial charge in [0.05, 0.1) is 11.8 Å². The van der Waals surface area contributed by atoms with Crippen LogP contribution in [-0.4, -0.2) is 47.4 Å². The molecule has 0 unspecified atom stereocenters. The van der Waals surface area contributed by atoms with Crippen LogP contribution in [0.1, 0.15) is 24.0 Å². The van der Waals surface area contributed by atoms with E-state index in [9.17, 15) is 14.4 Å². The van der Waals surface area contributed by atoms with Gasteiger partial charge in [-0.15, -0.1) is 0 Å². The van der Waals surface area contributed by atoms with E-state index in [0.717, 1.165) is 16.8 Å². The third-order valence-electron chi connectivity index (χ3n) is 5.19. The van der Waals surface area contributed by atoms with Crippen LogP contribution in [0.4, 0.5) is 5.69 Å². The Hall–Kier alpha value is -2.37. The second-order valence-corrected chi connectivity index (χ2v) is 6.73. The van der Waals surface area contributed by atoms with Crippen molar-refractivity contribution in [3.8, 4) is 0 Å². The predicted molar refractivity (Wildman–Crippen MR) is 88.7 cm³/mol. The van der Waals surface area contributed by atoms with Gasteiger partial charge in [0.15, 0.2) is 0 Å². The third kappa shape index (κ3) is 2.88. The minimum Gasteiger partial charge on any atom is -0.481 e. The molecule has 0 spiro atoms. The van der Waals surface area contributed by atoms with Crippen LogP contribution in [0.25, 0.3) is 0 Å². The van der Waals surface area contributed by atoms with E-state index in [1.54, 1.807) is 9.80 Å². The lowest BCUT2D eigenvalue weighted by molar-refractivity contribution is -0.141. The van der Waals surface area contributed by atoms with E-state index in [2.05, 4.69) is 0 Å². The van der Waals surface area contributed by atoms with Crippen molar-refractivity contribution < 1.29 is 19.5 Å². The van der Waals surface area contributed by atoms with Crippen molar-refractivity contribution in [1.29, 1.82) is 0 Å². The van der Waals surface area contributed by atoms with Crippen molar-refractivity contribution in [1.82, 2.24) is 4.90 Å². The maximum Gasteiger partial charge on any atom is 0.308 e. The van der Waals surface area contributed by atoms with Gasteiger partial charge in [-0.2, -0.15) is 0 Å². The summed E-state index contributed by atoms with van der Waals surface area (Å²) in [4.78, 5) is 39.4. The number of likely N-dealkylation sites (tertiary alicyclic amines) is 1. The Kier molecular flexibility index (Phi) is 4.30. The fourth-order valence-corrected chi connectivity index (χ4v) is 3.55. The molecule has 1 aromatic rings. The highest BCUT2D eigenvalue weighted by Gasteiger charge is 2.40. The number of nitrogens with zero attached hydrogens (tertiary/aromatic N) is 2. The topological polar surface area (TPSA) is 77.9 Å². The van der Waals surface area contributed by atoms with Gasteiger partial charge in [0.1, 0.15) is 0 Å². The Labute approximate surface area is 141 Å². The molecular weight excluding hydrogens is 308 g/mol. The first-order chi connectivity index (χ1) is 11.4. The summed E-state index contributed by atoms with van der Waals surface area (Å²) in [5.41, 5.74) is 3.02. The molecule has 2 heterocycles. The number of rotatable bonds is 3. The zero-order chi connectivity index (χ0) is 17.4. The van der Waals surface area contributed by atoms with Crippen molar-refractivity contribution in [3.05, 3.63) is 29.3 Å². The molecule has 0 radical (unpaired) electrons. The summed E-state index contributed by atoms with van der Waals surface area (Å²) < 4.78 is 0. The molecule has 2 aliphatic heterocycles. The SMILES string of the molecule is Cc1cccc(N2C[C@@H](C(=O)N3CC[C@H](C(=O)O)C3)CC2=O)c1C. The van der Waals surface area contributed by atoms with E-state index in [4.69, 9.17) is 5.11 Å². The predicted octanol–water partition coefficient (Wildman–Crippen LogP) is 1.59. The molecule has 3 rings (SSSR count). The molecular formula is C18H22N2O4. The van der Waals surface area contributed by atoms with Crippen LogP contribution in [-0.2, 0) is 14.4 Å². The van der Waals surface area contributed by atoms with Gasteiger partial charge in [0, 0.05) is 31.7 Å². The standard InChI is InChI=1S/C18H22N2O4/c1-11-4-3-5-15(12(11)2)20-10-14(8-16(20)21)17(22)19-7-6-13(9-19)18(23)24/h3-5,13-14H,6-10H2,1-2H3,(H,23,24)/t13-,14-/m0/s1. The molecule has 2 atom stereocenters. The highest BCUT2D eigenvalue weighted by molar-refractivity contribution is 6.01. The van der Waals surface area contributed by atoms with E-state index >= 15 is 0 Å². The monoisotopic (exact) mass is 330 g/mol. The zero-order valence-corrected chi connectivity index (χ0v) is 14.0. The number of aliphatic carboxylic acids is 1. The van der Waals surface area contributed by atoms with Crippen molar-refractivity contribution >= 4 is 23.5 Å². The molecule has 0 aliphatic carbocycles. The molecule has 0 bridgehead atoms. The summed E-state index contributed by atoms with van der Waals surface area (Å²) in [6.45, 7) is 5.06. The van der Waals surface area contributed by atoms with E-state index < -0.39 is 11.9 Å². The van der Waals surface area contributed by atoms with Gasteiger partial charge in [-0.1, -0.05) is 12.1 Å². The van der Waals surface area contributed by atoms with Gasteiger partial charge in [0.2, 0.25) is 11.8 Å². The normalized spacial score (nSPS) is 23.8. The number of carbonyl (C=O) groups is 3. The quantitative estimate of drug-likeness (QED) is 0.913. The minimum absolute atomic E-state index is 0.0453. The maximum absolute atomic E-state index is 12.6. The number of carboxylic acids is 1. The number of amides is 2. The smallest absolute Gasteiger partial charge is 0.308 e. The number of carboxylic acid groups (broad SMARTS) is 1. The van der Waals surface area contributed by atoms with E-state index in [0.29, 0.717) is 19.5 Å². The highest BCUT2D eigenvalue weighted by Crippen LogP contribution is 2.31. The first-order valence-electron chi connectivity index (χ1n) is 8.26. The number of hydrogen-bond acceptors (Lipinski definition) is 3. The number of benzene rings is 1. The van der Waals surface area contributed by atoms with E-state index in [1.807, 2.05) is 32.0 Å². The Morgan fingerprint density at radius 3 is 2.58 bits per heavy atom. The highest BCUT2D eigenvalue weighted by atomic mass is 16.4. The zero-order valence-electron chi connectivity index (χ0n) is 14.0. The molecule has 24 heavy (non-hydrogen) atoms. The summed E-state index contributed by atoms with van der Waals surface area (Å²) in [5.74, 6) is -1.87. The van der Waals surface area contributed by atoms with Crippen LogP contribution in [0.3, 0.4) is 0 Å². The number of hydrogen-bond donors (Lipinski definition) is 1. The Balaban J connectivity index is 1.72. The average molecular weight is 330 g/mol. The van der Waals surface area contributed by atoms with Crippen molar-refractivity contribution in [2.45, 2.75) is 26.7 Å². The van der Waals surface area contributed by atoms with Gasteiger partial charge in [-0.25, -0.2) is 0 Å². The molecule has 0 aromatic heterocycles. The lowest BCUT2D eigenvalue weighted by Crippen LogP contribution is -2.36. The van der Waals surface area contributed by atoms with Gasteiger partial charge >= 0.3 is 5.97 Å². The summed E-state index contributed by atoms with van der Waals surface area (Å²) >= 11 is 0. The largest absolute Gasteiger partial charge is 0.481 e. The van der Waals surface area contributed by atoms with Gasteiger partial charge in [0.25, 0.3) is 0 Å². The van der Waals surface area contributed by atoms with Gasteiger partial charge in [-0.3, -0.25) is 14.4 Å². The molecule has 2 amide bonds. The Morgan fingerprint density at radius 2 is 1.92 bits per heavy atom. The molecule has 2 fully saturated rings. The first kappa shape index (κ1) is 16.5. The van der Waals surface area contributed by atoms with Crippen LogP contribution in [0.5, 0.6) is 0 Å². The average Bonchev–Trinajstić information content (AvgIpc) is 3.16. The lowest BCUT2D eigenvalue weighted by atomic mass is 10.1. The van der Waals surface area contributed by atoms with Crippen LogP contribution in [0.15, 0.2) is 18.2 Å². The third-order valence-corrected chi connectivity index (χ3v) is 5.19. The van der Waals surface area contributed by atoms with Crippen LogP contribution in [0.2, 0.25) is 0 Å². The molecule has 2 aliphatic rings. The Bertz CT molecular complexity index is 700. The fourth-order valence-electron chi connectivity index (χ4n) is 3.55. The summed E-state index contributed by atoms with van der Waals surface area (Å²) in [5, 5.41) is 9.07. The second kappa shape index (κ2) is 6.26. The maximum atomic E-state index is 12.6. The molecule has 128 valence electrons. The number of anilines is 1. The minimum atomic E-state index is -0.857. The van der Waals surface area contributed by atoms with Crippen molar-refractivity contribution in [3.63, 3.8) is 0 Å². The molecule has 0 saturated carbocycles. The summed E-state index contributed by atoms with van der Waals surface area (Å²) in [6, 6.07) is 5.82. The van der Waals surface area contributed by atoms with Crippen LogP contribution < -0.4 is 4.90 Å². The Morgan fingerprint density at radius 1 is 1.17 bits per heavy atom. The molecule has 1 aromatic carbocycles. The number of aryl methyl sites for hydroxylation is 1. The van der Waals surface area contributed by atoms with Crippen molar-refractivity contribution in [2.75, 3.05) is 24.5 Å². The molecule has 2 saturated heterocycles. The lowest BCUT2D eigenvalue weighted by Gasteiger charge is -2.22. The van der Waals surface area contributed by atoms with Gasteiger partial charge < -0.3 is 14.9 Å². The van der Waals surface area contributed by atoms with Crippen LogP contribution >= 0.6 is 0 Å². The molecule has 6 nitrogen and oxygen atoms in total. The molecule has 1 N–H and O–H groups in total. The van der Waals surface area contributed by atoms with E-state index in [1.165, 1.54) is 0 Å². The summed E-state index contributed by atoms with van der Waals surface area (Å²) in [7, 11) is 0. The molecule has 6 heteroatoms. The summed E-state index contributed by atoms with van der Waals surface area (Å²) in [6.07, 6.45) is 0.683. The number of carbonyl (C=O) groups excluding carboxylic acids is 2. The fraction of sp³-hybridized carbons (Fsp3) is 0.500. The van der Waals surface area contributed by atoms with Crippen molar-refractivity contribution in [2.24, 2.45) is 11.8 Å². The first-order valence-corrected chi connectivity index (χ1v) is 8.26. The second-order valence-electron chi connectivity index (χ2n) is 6.73.